The lowest BCUT2D eigenvalue weighted by Crippen LogP contribution is -2.20. The Bertz CT molecular complexity index is 265. The molecule has 0 unspecified atom stereocenters. The first kappa shape index (κ1) is 10.0. The molecule has 1 aromatic rings. The zero-order valence-electron chi connectivity index (χ0n) is 8.46. The van der Waals surface area contributed by atoms with E-state index in [1.807, 2.05) is 26.8 Å². The minimum atomic E-state index is -0.219. The van der Waals surface area contributed by atoms with Crippen molar-refractivity contribution in [1.82, 2.24) is 0 Å². The predicted molar refractivity (Wildman–Crippen MR) is 51.5 cm³/mol. The number of hydrogen-bond acceptors (Lipinski definition) is 2. The second-order valence-electron chi connectivity index (χ2n) is 4.30. The van der Waals surface area contributed by atoms with Crippen LogP contribution in [0, 0.1) is 5.41 Å². The van der Waals surface area contributed by atoms with Gasteiger partial charge in [0.2, 0.25) is 0 Å². The molecule has 0 radical (unpaired) electrons. The Morgan fingerprint density at radius 2 is 2.15 bits per heavy atom. The van der Waals surface area contributed by atoms with Gasteiger partial charge in [-0.25, -0.2) is 0 Å². The lowest BCUT2D eigenvalue weighted by atomic mass is 9.88. The van der Waals surface area contributed by atoms with Gasteiger partial charge in [0.05, 0.1) is 12.5 Å². The van der Waals surface area contributed by atoms with Crippen molar-refractivity contribution in [2.24, 2.45) is 5.41 Å². The fraction of sp³-hybridized carbons (Fsp3) is 0.545. The maximum Gasteiger partial charge on any atom is 0.138 e. The Hall–Kier alpha value is -1.05. The van der Waals surface area contributed by atoms with Gasteiger partial charge in [0.15, 0.2) is 0 Å². The highest BCUT2D eigenvalue weighted by atomic mass is 16.3. The summed E-state index contributed by atoms with van der Waals surface area (Å²) < 4.78 is 4.92. The largest absolute Gasteiger partial charge is 0.472 e. The first-order valence-corrected chi connectivity index (χ1v) is 4.54. The summed E-state index contributed by atoms with van der Waals surface area (Å²) in [6.45, 7) is 5.85. The van der Waals surface area contributed by atoms with Gasteiger partial charge in [0.25, 0.3) is 0 Å². The van der Waals surface area contributed by atoms with E-state index in [2.05, 4.69) is 0 Å². The molecular formula is C11H16O2. The normalized spacial score (nSPS) is 11.6. The van der Waals surface area contributed by atoms with Crippen LogP contribution in [0.1, 0.15) is 32.8 Å². The Kier molecular flexibility index (Phi) is 2.91. The average molecular weight is 180 g/mol. The Morgan fingerprint density at radius 1 is 1.46 bits per heavy atom. The number of aryl methyl sites for hydroxylation is 1. The highest BCUT2D eigenvalue weighted by Gasteiger charge is 2.20. The van der Waals surface area contributed by atoms with E-state index in [1.165, 1.54) is 0 Å². The minimum Gasteiger partial charge on any atom is -0.472 e. The van der Waals surface area contributed by atoms with Gasteiger partial charge in [0.1, 0.15) is 5.78 Å². The number of Topliss-reactive ketones (excluding diaryl/α,β-unsaturated/α-hetero) is 1. The van der Waals surface area contributed by atoms with Gasteiger partial charge in [-0.1, -0.05) is 20.8 Å². The van der Waals surface area contributed by atoms with Crippen molar-refractivity contribution in [3.8, 4) is 0 Å². The molecule has 0 aromatic carbocycles. The van der Waals surface area contributed by atoms with Crippen LogP contribution in [-0.2, 0) is 11.2 Å². The summed E-state index contributed by atoms with van der Waals surface area (Å²) in [5.41, 5.74) is 0.876. The third kappa shape index (κ3) is 3.05. The van der Waals surface area contributed by atoms with Gasteiger partial charge in [-0.05, 0) is 18.1 Å². The van der Waals surface area contributed by atoms with E-state index >= 15 is 0 Å². The van der Waals surface area contributed by atoms with Gasteiger partial charge in [-0.2, -0.15) is 0 Å². The van der Waals surface area contributed by atoms with Gasteiger partial charge in [-0.15, -0.1) is 0 Å². The molecule has 1 aromatic heterocycles. The zero-order valence-corrected chi connectivity index (χ0v) is 8.46. The molecule has 0 saturated carbocycles. The second-order valence-corrected chi connectivity index (χ2v) is 4.30. The van der Waals surface area contributed by atoms with Crippen LogP contribution in [0.2, 0.25) is 0 Å². The van der Waals surface area contributed by atoms with Crippen LogP contribution in [-0.4, -0.2) is 5.78 Å². The topological polar surface area (TPSA) is 30.2 Å². The molecule has 2 nitrogen and oxygen atoms in total. The highest BCUT2D eigenvalue weighted by Crippen LogP contribution is 2.18. The van der Waals surface area contributed by atoms with Crippen molar-refractivity contribution in [3.05, 3.63) is 24.2 Å². The van der Waals surface area contributed by atoms with Gasteiger partial charge in [-0.3, -0.25) is 4.79 Å². The summed E-state index contributed by atoms with van der Waals surface area (Å²) >= 11 is 0. The summed E-state index contributed by atoms with van der Waals surface area (Å²) in [7, 11) is 0. The lowest BCUT2D eigenvalue weighted by Gasteiger charge is -2.15. The van der Waals surface area contributed by atoms with Crippen molar-refractivity contribution in [1.29, 1.82) is 0 Å². The van der Waals surface area contributed by atoms with E-state index in [4.69, 9.17) is 4.42 Å². The molecular weight excluding hydrogens is 164 g/mol. The van der Waals surface area contributed by atoms with E-state index < -0.39 is 0 Å². The molecule has 0 aliphatic carbocycles. The van der Waals surface area contributed by atoms with Crippen molar-refractivity contribution in [2.45, 2.75) is 33.6 Å². The zero-order chi connectivity index (χ0) is 9.90. The first-order valence-electron chi connectivity index (χ1n) is 4.54. The van der Waals surface area contributed by atoms with E-state index in [0.29, 0.717) is 12.2 Å². The van der Waals surface area contributed by atoms with Gasteiger partial charge >= 0.3 is 0 Å². The van der Waals surface area contributed by atoms with E-state index in [-0.39, 0.29) is 5.41 Å². The summed E-state index contributed by atoms with van der Waals surface area (Å²) in [6.07, 6.45) is 4.71. The number of hydrogen-bond donors (Lipinski definition) is 0. The van der Waals surface area contributed by atoms with Crippen molar-refractivity contribution in [3.63, 3.8) is 0 Å². The Balaban J connectivity index is 2.40. The third-order valence-corrected chi connectivity index (χ3v) is 2.06. The molecule has 13 heavy (non-hydrogen) atoms. The number of carbonyl (C=O) groups is 1. The van der Waals surface area contributed by atoms with E-state index in [9.17, 15) is 4.79 Å². The van der Waals surface area contributed by atoms with Crippen LogP contribution in [0.5, 0.6) is 0 Å². The van der Waals surface area contributed by atoms with Crippen LogP contribution < -0.4 is 0 Å². The maximum atomic E-state index is 11.5. The Labute approximate surface area is 78.9 Å². The second kappa shape index (κ2) is 3.77. The van der Waals surface area contributed by atoms with Crippen LogP contribution in [0.15, 0.2) is 23.0 Å². The Morgan fingerprint density at radius 3 is 2.62 bits per heavy atom. The molecule has 1 rings (SSSR count). The average Bonchev–Trinajstić information content (AvgIpc) is 2.50. The minimum absolute atomic E-state index is 0.219. The third-order valence-electron chi connectivity index (χ3n) is 2.06. The standard InChI is InChI=1S/C11H16O2/c1-11(2,3)10(12)5-4-9-6-7-13-8-9/h6-8H,4-5H2,1-3H3. The summed E-state index contributed by atoms with van der Waals surface area (Å²) in [5, 5.41) is 0. The van der Waals surface area contributed by atoms with Crippen molar-refractivity contribution < 1.29 is 9.21 Å². The molecule has 0 aliphatic heterocycles. The van der Waals surface area contributed by atoms with E-state index in [1.54, 1.807) is 12.5 Å². The smallest absolute Gasteiger partial charge is 0.138 e. The molecule has 0 atom stereocenters. The number of carbonyl (C=O) groups excluding carboxylic acids is 1. The summed E-state index contributed by atoms with van der Waals surface area (Å²) in [5.74, 6) is 0.300. The van der Waals surface area contributed by atoms with Crippen LogP contribution in [0.4, 0.5) is 0 Å². The monoisotopic (exact) mass is 180 g/mol. The summed E-state index contributed by atoms with van der Waals surface area (Å²) in [4.78, 5) is 11.5. The molecule has 0 amide bonds. The van der Waals surface area contributed by atoms with Crippen molar-refractivity contribution in [2.75, 3.05) is 0 Å². The molecule has 72 valence electrons. The maximum absolute atomic E-state index is 11.5. The fourth-order valence-corrected chi connectivity index (χ4v) is 1.07. The number of ketones is 1. The number of furan rings is 1. The molecule has 2 heteroatoms. The molecule has 0 aliphatic rings. The summed E-state index contributed by atoms with van der Waals surface area (Å²) in [6, 6.07) is 1.90. The van der Waals surface area contributed by atoms with Crippen LogP contribution in [0.25, 0.3) is 0 Å². The molecule has 0 fully saturated rings. The molecule has 0 spiro atoms. The lowest BCUT2D eigenvalue weighted by molar-refractivity contribution is -0.126. The van der Waals surface area contributed by atoms with Crippen LogP contribution in [0.3, 0.4) is 0 Å². The molecule has 0 saturated heterocycles. The van der Waals surface area contributed by atoms with E-state index in [0.717, 1.165) is 12.0 Å². The van der Waals surface area contributed by atoms with Crippen molar-refractivity contribution >= 4 is 5.78 Å². The van der Waals surface area contributed by atoms with Crippen LogP contribution >= 0.6 is 0 Å². The van der Waals surface area contributed by atoms with Gasteiger partial charge < -0.3 is 4.42 Å². The first-order chi connectivity index (χ1) is 6.00. The number of rotatable bonds is 3. The van der Waals surface area contributed by atoms with Gasteiger partial charge in [0, 0.05) is 11.8 Å². The highest BCUT2D eigenvalue weighted by molar-refractivity contribution is 5.83. The predicted octanol–water partition coefficient (Wildman–Crippen LogP) is 2.83. The quantitative estimate of drug-likeness (QED) is 0.716. The SMILES string of the molecule is CC(C)(C)C(=O)CCc1ccoc1. The fourth-order valence-electron chi connectivity index (χ4n) is 1.07. The molecule has 0 N–H and O–H groups in total. The molecule has 0 bridgehead atoms. The molecule has 1 heterocycles.